The van der Waals surface area contributed by atoms with Gasteiger partial charge in [0.1, 0.15) is 0 Å². The summed E-state index contributed by atoms with van der Waals surface area (Å²) in [5.41, 5.74) is 0. The minimum atomic E-state index is -0.0711. The monoisotopic (exact) mass is 228 g/mol. The summed E-state index contributed by atoms with van der Waals surface area (Å²) in [6.07, 6.45) is 12.1. The first kappa shape index (κ1) is 14.0. The highest BCUT2D eigenvalue weighted by Gasteiger charge is 2.15. The van der Waals surface area contributed by atoms with Crippen molar-refractivity contribution in [2.75, 3.05) is 6.61 Å². The van der Waals surface area contributed by atoms with Crippen molar-refractivity contribution in [2.45, 2.75) is 83.3 Å². The maximum Gasteiger partial charge on any atom is 0.0576 e. The minimum Gasteiger partial charge on any atom is -0.393 e. The number of aliphatic hydroxyl groups excluding tert-OH is 1. The molecule has 1 heterocycles. The molecule has 1 saturated heterocycles. The Morgan fingerprint density at radius 3 is 2.69 bits per heavy atom. The molecule has 2 heteroatoms. The number of ether oxygens (including phenoxy) is 1. The van der Waals surface area contributed by atoms with Crippen molar-refractivity contribution in [3.63, 3.8) is 0 Å². The van der Waals surface area contributed by atoms with Crippen LogP contribution in [-0.2, 0) is 4.74 Å². The second kappa shape index (κ2) is 9.00. The quantitative estimate of drug-likeness (QED) is 0.610. The molecule has 2 atom stereocenters. The third-order valence-electron chi connectivity index (χ3n) is 3.48. The van der Waals surface area contributed by atoms with Crippen LogP contribution in [0.5, 0.6) is 0 Å². The molecule has 0 radical (unpaired) electrons. The molecule has 1 fully saturated rings. The van der Waals surface area contributed by atoms with Crippen LogP contribution < -0.4 is 0 Å². The molecular formula is C14H28O2. The predicted molar refractivity (Wildman–Crippen MR) is 67.6 cm³/mol. The standard InChI is InChI=1S/C14H28O2/c1-2-3-4-5-8-13(15)9-6-10-14-11-7-12-16-14/h13-15H,2-12H2,1H3. The average Bonchev–Trinajstić information content (AvgIpc) is 2.77. The molecule has 16 heavy (non-hydrogen) atoms. The van der Waals surface area contributed by atoms with Gasteiger partial charge in [-0.3, -0.25) is 0 Å². The van der Waals surface area contributed by atoms with Crippen molar-refractivity contribution in [3.05, 3.63) is 0 Å². The lowest BCUT2D eigenvalue weighted by Gasteiger charge is -2.12. The molecule has 0 aromatic heterocycles. The zero-order valence-electron chi connectivity index (χ0n) is 10.8. The fourth-order valence-electron chi connectivity index (χ4n) is 2.40. The van der Waals surface area contributed by atoms with E-state index in [0.717, 1.165) is 32.3 Å². The van der Waals surface area contributed by atoms with E-state index in [1.54, 1.807) is 0 Å². The Bertz CT molecular complexity index is 153. The summed E-state index contributed by atoms with van der Waals surface area (Å²) in [4.78, 5) is 0. The number of hydrogen-bond acceptors (Lipinski definition) is 2. The highest BCUT2D eigenvalue weighted by atomic mass is 16.5. The second-order valence-electron chi connectivity index (χ2n) is 5.07. The van der Waals surface area contributed by atoms with Crippen LogP contribution in [0.4, 0.5) is 0 Å². The Morgan fingerprint density at radius 2 is 2.00 bits per heavy atom. The molecule has 0 spiro atoms. The molecule has 0 aromatic carbocycles. The first-order chi connectivity index (χ1) is 7.83. The van der Waals surface area contributed by atoms with E-state index in [4.69, 9.17) is 4.74 Å². The Hall–Kier alpha value is -0.0800. The lowest BCUT2D eigenvalue weighted by Crippen LogP contribution is -2.09. The Morgan fingerprint density at radius 1 is 1.19 bits per heavy atom. The van der Waals surface area contributed by atoms with Crippen LogP contribution in [-0.4, -0.2) is 23.9 Å². The third kappa shape index (κ3) is 6.49. The zero-order chi connectivity index (χ0) is 11.6. The van der Waals surface area contributed by atoms with E-state index < -0.39 is 0 Å². The van der Waals surface area contributed by atoms with Crippen molar-refractivity contribution in [2.24, 2.45) is 0 Å². The minimum absolute atomic E-state index is 0.0711. The highest BCUT2D eigenvalue weighted by molar-refractivity contribution is 4.66. The Balaban J connectivity index is 1.87. The average molecular weight is 228 g/mol. The normalized spacial score (nSPS) is 22.5. The molecule has 1 N–H and O–H groups in total. The van der Waals surface area contributed by atoms with E-state index in [1.165, 1.54) is 38.5 Å². The fraction of sp³-hybridized carbons (Fsp3) is 1.00. The van der Waals surface area contributed by atoms with E-state index in [-0.39, 0.29) is 6.10 Å². The lowest BCUT2D eigenvalue weighted by molar-refractivity contribution is 0.0928. The van der Waals surface area contributed by atoms with Gasteiger partial charge in [-0.15, -0.1) is 0 Å². The SMILES string of the molecule is CCCCCCC(O)CCCC1CCCO1. The molecule has 0 bridgehead atoms. The molecule has 1 aliphatic rings. The van der Waals surface area contributed by atoms with Gasteiger partial charge in [0.15, 0.2) is 0 Å². The van der Waals surface area contributed by atoms with Crippen molar-refractivity contribution >= 4 is 0 Å². The van der Waals surface area contributed by atoms with Crippen molar-refractivity contribution < 1.29 is 9.84 Å². The predicted octanol–water partition coefficient (Wildman–Crippen LogP) is 3.67. The molecule has 1 aliphatic heterocycles. The molecule has 2 unspecified atom stereocenters. The topological polar surface area (TPSA) is 29.5 Å². The molecule has 1 rings (SSSR count). The first-order valence-corrected chi connectivity index (χ1v) is 7.12. The van der Waals surface area contributed by atoms with E-state index in [2.05, 4.69) is 6.92 Å². The first-order valence-electron chi connectivity index (χ1n) is 7.12. The lowest BCUT2D eigenvalue weighted by atomic mass is 10.0. The van der Waals surface area contributed by atoms with Crippen LogP contribution in [0.1, 0.15) is 71.1 Å². The molecule has 96 valence electrons. The molecule has 2 nitrogen and oxygen atoms in total. The Kier molecular flexibility index (Phi) is 7.87. The van der Waals surface area contributed by atoms with E-state index in [0.29, 0.717) is 6.10 Å². The third-order valence-corrected chi connectivity index (χ3v) is 3.48. The van der Waals surface area contributed by atoms with Gasteiger partial charge >= 0.3 is 0 Å². The van der Waals surface area contributed by atoms with Gasteiger partial charge in [0.05, 0.1) is 12.2 Å². The Labute approximate surface area is 100 Å². The number of hydrogen-bond donors (Lipinski definition) is 1. The van der Waals surface area contributed by atoms with Crippen molar-refractivity contribution in [3.8, 4) is 0 Å². The summed E-state index contributed by atoms with van der Waals surface area (Å²) in [6.45, 7) is 3.17. The maximum atomic E-state index is 9.78. The van der Waals surface area contributed by atoms with Gasteiger partial charge in [0.25, 0.3) is 0 Å². The number of aliphatic hydroxyl groups is 1. The highest BCUT2D eigenvalue weighted by Crippen LogP contribution is 2.19. The van der Waals surface area contributed by atoms with Crippen LogP contribution in [0.15, 0.2) is 0 Å². The molecule has 0 aliphatic carbocycles. The smallest absolute Gasteiger partial charge is 0.0576 e. The van der Waals surface area contributed by atoms with Gasteiger partial charge in [0, 0.05) is 6.61 Å². The van der Waals surface area contributed by atoms with E-state index in [1.807, 2.05) is 0 Å². The molecule has 0 saturated carbocycles. The van der Waals surface area contributed by atoms with Gasteiger partial charge in [-0.2, -0.15) is 0 Å². The summed E-state index contributed by atoms with van der Waals surface area (Å²) >= 11 is 0. The second-order valence-corrected chi connectivity index (χ2v) is 5.07. The summed E-state index contributed by atoms with van der Waals surface area (Å²) in [5.74, 6) is 0. The van der Waals surface area contributed by atoms with Crippen molar-refractivity contribution in [1.29, 1.82) is 0 Å². The number of rotatable bonds is 9. The van der Waals surface area contributed by atoms with Crippen LogP contribution in [0, 0.1) is 0 Å². The maximum absolute atomic E-state index is 9.78. The summed E-state index contributed by atoms with van der Waals surface area (Å²) in [7, 11) is 0. The number of unbranched alkanes of at least 4 members (excludes halogenated alkanes) is 3. The van der Waals surface area contributed by atoms with Crippen LogP contribution >= 0.6 is 0 Å². The van der Waals surface area contributed by atoms with Gasteiger partial charge in [-0.05, 0) is 38.5 Å². The van der Waals surface area contributed by atoms with Gasteiger partial charge in [-0.1, -0.05) is 32.6 Å². The van der Waals surface area contributed by atoms with E-state index in [9.17, 15) is 5.11 Å². The summed E-state index contributed by atoms with van der Waals surface area (Å²) in [6, 6.07) is 0. The molecular weight excluding hydrogens is 200 g/mol. The summed E-state index contributed by atoms with van der Waals surface area (Å²) < 4.78 is 5.57. The van der Waals surface area contributed by atoms with Crippen LogP contribution in [0.2, 0.25) is 0 Å². The zero-order valence-corrected chi connectivity index (χ0v) is 10.8. The summed E-state index contributed by atoms with van der Waals surface area (Å²) in [5, 5.41) is 9.78. The van der Waals surface area contributed by atoms with Gasteiger partial charge in [0.2, 0.25) is 0 Å². The largest absolute Gasteiger partial charge is 0.393 e. The fourth-order valence-corrected chi connectivity index (χ4v) is 2.40. The van der Waals surface area contributed by atoms with Crippen LogP contribution in [0.3, 0.4) is 0 Å². The van der Waals surface area contributed by atoms with Gasteiger partial charge in [-0.25, -0.2) is 0 Å². The van der Waals surface area contributed by atoms with Crippen molar-refractivity contribution in [1.82, 2.24) is 0 Å². The van der Waals surface area contributed by atoms with E-state index >= 15 is 0 Å². The van der Waals surface area contributed by atoms with Gasteiger partial charge < -0.3 is 9.84 Å². The van der Waals surface area contributed by atoms with Crippen LogP contribution in [0.25, 0.3) is 0 Å². The molecule has 0 amide bonds. The molecule has 0 aromatic rings.